The molecule has 0 radical (unpaired) electrons. The van der Waals surface area contributed by atoms with Gasteiger partial charge in [-0.2, -0.15) is 0 Å². The van der Waals surface area contributed by atoms with E-state index in [0.29, 0.717) is 6.04 Å². The molecule has 0 amide bonds. The fourth-order valence-electron chi connectivity index (χ4n) is 3.85. The Hall–Kier alpha value is -1.99. The van der Waals surface area contributed by atoms with Crippen molar-refractivity contribution in [1.82, 2.24) is 19.4 Å². The monoisotopic (exact) mass is 382 g/mol. The van der Waals surface area contributed by atoms with Gasteiger partial charge in [-0.05, 0) is 24.1 Å². The van der Waals surface area contributed by atoms with Crippen LogP contribution in [0.25, 0.3) is 5.13 Å². The third-order valence-electron chi connectivity index (χ3n) is 5.22. The average molecular weight is 383 g/mol. The first-order chi connectivity index (χ1) is 13.3. The van der Waals surface area contributed by atoms with Gasteiger partial charge in [-0.15, -0.1) is 11.3 Å². The Morgan fingerprint density at radius 2 is 1.96 bits per heavy atom. The molecular formula is C21H26N4OS. The van der Waals surface area contributed by atoms with E-state index in [9.17, 15) is 5.11 Å². The molecule has 4 rings (SSSR count). The first-order valence-electron chi connectivity index (χ1n) is 9.51. The smallest absolute Gasteiger partial charge is 0.193 e. The highest BCUT2D eigenvalue weighted by molar-refractivity contribution is 7.12. The topological polar surface area (TPSA) is 44.5 Å². The van der Waals surface area contributed by atoms with Crippen LogP contribution in [-0.2, 0) is 13.1 Å². The summed E-state index contributed by atoms with van der Waals surface area (Å²) < 4.78 is 2.18. The van der Waals surface area contributed by atoms with E-state index in [-0.39, 0.29) is 6.61 Å². The Morgan fingerprint density at radius 1 is 1.07 bits per heavy atom. The van der Waals surface area contributed by atoms with E-state index in [0.717, 1.165) is 44.3 Å². The number of aliphatic hydroxyl groups excluding tert-OH is 1. The zero-order chi connectivity index (χ0) is 18.5. The van der Waals surface area contributed by atoms with Crippen molar-refractivity contribution in [1.29, 1.82) is 0 Å². The van der Waals surface area contributed by atoms with E-state index in [2.05, 4.69) is 68.0 Å². The summed E-state index contributed by atoms with van der Waals surface area (Å²) in [6.45, 7) is 5.15. The second-order valence-electron chi connectivity index (χ2n) is 7.04. The lowest BCUT2D eigenvalue weighted by Gasteiger charge is -2.41. The van der Waals surface area contributed by atoms with Gasteiger partial charge in [-0.25, -0.2) is 4.98 Å². The van der Waals surface area contributed by atoms with Crippen LogP contribution in [0.15, 0.2) is 60.2 Å². The summed E-state index contributed by atoms with van der Waals surface area (Å²) in [5.74, 6) is 0. The predicted molar refractivity (Wildman–Crippen MR) is 109 cm³/mol. The SMILES string of the molecule is OCC[C@@H]1CN(Cc2cccn2-c2nccs2)CCN1Cc1ccccc1. The van der Waals surface area contributed by atoms with Crippen molar-refractivity contribution >= 4 is 11.3 Å². The molecule has 1 N–H and O–H groups in total. The second kappa shape index (κ2) is 8.80. The maximum absolute atomic E-state index is 9.56. The summed E-state index contributed by atoms with van der Waals surface area (Å²) >= 11 is 1.66. The number of piperazine rings is 1. The van der Waals surface area contributed by atoms with E-state index in [1.807, 2.05) is 11.6 Å². The number of aliphatic hydroxyl groups is 1. The average Bonchev–Trinajstić information content (AvgIpc) is 3.36. The van der Waals surface area contributed by atoms with Gasteiger partial charge in [0.05, 0.1) is 0 Å². The first kappa shape index (κ1) is 18.4. The molecule has 1 aromatic carbocycles. The largest absolute Gasteiger partial charge is 0.396 e. The van der Waals surface area contributed by atoms with Gasteiger partial charge in [-0.1, -0.05) is 30.3 Å². The van der Waals surface area contributed by atoms with Gasteiger partial charge < -0.3 is 5.11 Å². The Kier molecular flexibility index (Phi) is 5.99. The van der Waals surface area contributed by atoms with Crippen LogP contribution in [0.4, 0.5) is 0 Å². The van der Waals surface area contributed by atoms with Gasteiger partial charge in [0.15, 0.2) is 5.13 Å². The molecule has 0 aliphatic carbocycles. The second-order valence-corrected chi connectivity index (χ2v) is 7.91. The third-order valence-corrected chi connectivity index (χ3v) is 5.99. The highest BCUT2D eigenvalue weighted by atomic mass is 32.1. The van der Waals surface area contributed by atoms with Crippen molar-refractivity contribution in [2.45, 2.75) is 25.6 Å². The molecule has 6 heteroatoms. The molecule has 0 spiro atoms. The van der Waals surface area contributed by atoms with Crippen molar-refractivity contribution < 1.29 is 5.11 Å². The molecule has 27 heavy (non-hydrogen) atoms. The molecular weight excluding hydrogens is 356 g/mol. The van der Waals surface area contributed by atoms with Crippen LogP contribution in [0.2, 0.25) is 0 Å². The van der Waals surface area contributed by atoms with Crippen LogP contribution in [0.3, 0.4) is 0 Å². The number of hydrogen-bond acceptors (Lipinski definition) is 5. The van der Waals surface area contributed by atoms with E-state index < -0.39 is 0 Å². The molecule has 1 fully saturated rings. The van der Waals surface area contributed by atoms with Crippen molar-refractivity contribution in [3.05, 3.63) is 71.5 Å². The van der Waals surface area contributed by atoms with Crippen LogP contribution in [0, 0.1) is 0 Å². The zero-order valence-corrected chi connectivity index (χ0v) is 16.3. The van der Waals surface area contributed by atoms with Gasteiger partial charge in [0.1, 0.15) is 0 Å². The molecule has 142 valence electrons. The van der Waals surface area contributed by atoms with Crippen molar-refractivity contribution in [2.75, 3.05) is 26.2 Å². The number of aromatic nitrogens is 2. The Balaban J connectivity index is 1.42. The highest BCUT2D eigenvalue weighted by Gasteiger charge is 2.27. The minimum absolute atomic E-state index is 0.235. The van der Waals surface area contributed by atoms with Gasteiger partial charge in [0.25, 0.3) is 0 Å². The number of rotatable bonds is 7. The predicted octanol–water partition coefficient (Wildman–Crippen LogP) is 3.00. The summed E-state index contributed by atoms with van der Waals surface area (Å²) in [6.07, 6.45) is 4.76. The van der Waals surface area contributed by atoms with Crippen LogP contribution in [0.1, 0.15) is 17.7 Å². The lowest BCUT2D eigenvalue weighted by Crippen LogP contribution is -2.52. The molecule has 1 aliphatic rings. The fourth-order valence-corrected chi connectivity index (χ4v) is 4.50. The van der Waals surface area contributed by atoms with Crippen LogP contribution in [-0.4, -0.2) is 56.7 Å². The molecule has 1 aliphatic heterocycles. The number of benzene rings is 1. The molecule has 0 bridgehead atoms. The summed E-state index contributed by atoms with van der Waals surface area (Å²) in [6, 6.07) is 15.3. The minimum atomic E-state index is 0.235. The standard InChI is InChI=1S/C21H26N4OS/c26-13-8-19-16-23(11-12-24(19)15-18-5-2-1-3-6-18)17-20-7-4-10-25(20)21-22-9-14-27-21/h1-7,9-10,14,19,26H,8,11-13,15-17H2/t19-/m1/s1. The minimum Gasteiger partial charge on any atom is -0.396 e. The normalized spacial score (nSPS) is 18.8. The maximum Gasteiger partial charge on any atom is 0.193 e. The van der Waals surface area contributed by atoms with Gasteiger partial charge in [0, 0.05) is 68.8 Å². The van der Waals surface area contributed by atoms with Crippen LogP contribution in [0.5, 0.6) is 0 Å². The molecule has 3 aromatic rings. The van der Waals surface area contributed by atoms with E-state index in [1.165, 1.54) is 11.3 Å². The number of hydrogen-bond donors (Lipinski definition) is 1. The Bertz CT molecular complexity index is 818. The summed E-state index contributed by atoms with van der Waals surface area (Å²) in [5, 5.41) is 12.6. The zero-order valence-electron chi connectivity index (χ0n) is 15.4. The lowest BCUT2D eigenvalue weighted by molar-refractivity contribution is 0.0492. The van der Waals surface area contributed by atoms with Crippen LogP contribution < -0.4 is 0 Å². The first-order valence-corrected chi connectivity index (χ1v) is 10.4. The van der Waals surface area contributed by atoms with Gasteiger partial charge >= 0.3 is 0 Å². The van der Waals surface area contributed by atoms with Crippen LogP contribution >= 0.6 is 11.3 Å². The summed E-state index contributed by atoms with van der Waals surface area (Å²) in [4.78, 5) is 9.45. The number of thiazole rings is 1. The summed E-state index contributed by atoms with van der Waals surface area (Å²) in [7, 11) is 0. The van der Waals surface area contributed by atoms with Crippen molar-refractivity contribution in [2.24, 2.45) is 0 Å². The van der Waals surface area contributed by atoms with Crippen molar-refractivity contribution in [3.63, 3.8) is 0 Å². The molecule has 1 saturated heterocycles. The quantitative estimate of drug-likeness (QED) is 0.682. The molecule has 0 unspecified atom stereocenters. The molecule has 2 aromatic heterocycles. The molecule has 3 heterocycles. The molecule has 1 atom stereocenters. The van der Waals surface area contributed by atoms with E-state index in [4.69, 9.17) is 0 Å². The maximum atomic E-state index is 9.56. The Morgan fingerprint density at radius 3 is 2.74 bits per heavy atom. The van der Waals surface area contributed by atoms with E-state index in [1.54, 1.807) is 11.3 Å². The van der Waals surface area contributed by atoms with Gasteiger partial charge in [0.2, 0.25) is 0 Å². The lowest BCUT2D eigenvalue weighted by atomic mass is 10.1. The Labute approximate surface area is 164 Å². The van der Waals surface area contributed by atoms with Crippen molar-refractivity contribution in [3.8, 4) is 5.13 Å². The highest BCUT2D eigenvalue weighted by Crippen LogP contribution is 2.21. The molecule has 0 saturated carbocycles. The van der Waals surface area contributed by atoms with Gasteiger partial charge in [-0.3, -0.25) is 14.4 Å². The number of nitrogens with zero attached hydrogens (tertiary/aromatic N) is 4. The third kappa shape index (κ3) is 4.47. The van der Waals surface area contributed by atoms with E-state index >= 15 is 0 Å². The fraction of sp³-hybridized carbons (Fsp3) is 0.381. The summed E-state index contributed by atoms with van der Waals surface area (Å²) in [5.41, 5.74) is 2.61. The molecule has 5 nitrogen and oxygen atoms in total.